The molecule has 3 nitrogen and oxygen atoms in total. The molecular formula is C10H12ClNO2. The topological polar surface area (TPSA) is 50.2 Å². The number of rotatable bonds is 1. The molecule has 0 spiro atoms. The largest absolute Gasteiger partial charge is 0.478 e. The maximum atomic E-state index is 11.0. The molecule has 76 valence electrons. The van der Waals surface area contributed by atoms with Crippen molar-refractivity contribution in [3.05, 3.63) is 28.5 Å². The molecule has 4 heteroatoms. The van der Waals surface area contributed by atoms with Crippen molar-refractivity contribution in [1.82, 2.24) is 4.98 Å². The summed E-state index contributed by atoms with van der Waals surface area (Å²) in [6.07, 6.45) is 1.52. The normalized spacial score (nSPS) is 11.4. The van der Waals surface area contributed by atoms with Gasteiger partial charge in [-0.05, 0) is 17.0 Å². The fourth-order valence-corrected chi connectivity index (χ4v) is 1.50. The summed E-state index contributed by atoms with van der Waals surface area (Å²) in [4.78, 5) is 14.7. The zero-order valence-corrected chi connectivity index (χ0v) is 9.09. The third-order valence-electron chi connectivity index (χ3n) is 1.93. The van der Waals surface area contributed by atoms with Gasteiger partial charge in [0.25, 0.3) is 0 Å². The summed E-state index contributed by atoms with van der Waals surface area (Å²) < 4.78 is 0. The second-order valence-electron chi connectivity index (χ2n) is 4.08. The molecule has 0 unspecified atom stereocenters. The minimum absolute atomic E-state index is 0.0462. The molecule has 0 aromatic carbocycles. The van der Waals surface area contributed by atoms with Crippen LogP contribution >= 0.6 is 11.6 Å². The van der Waals surface area contributed by atoms with Crippen molar-refractivity contribution in [2.24, 2.45) is 0 Å². The molecule has 0 saturated carbocycles. The van der Waals surface area contributed by atoms with E-state index in [0.29, 0.717) is 5.56 Å². The number of pyridine rings is 1. The van der Waals surface area contributed by atoms with Crippen molar-refractivity contribution < 1.29 is 9.90 Å². The predicted molar refractivity (Wildman–Crippen MR) is 54.9 cm³/mol. The van der Waals surface area contributed by atoms with Gasteiger partial charge in [0.05, 0.1) is 0 Å². The van der Waals surface area contributed by atoms with Crippen LogP contribution < -0.4 is 0 Å². The van der Waals surface area contributed by atoms with E-state index >= 15 is 0 Å². The Morgan fingerprint density at radius 3 is 2.43 bits per heavy atom. The molecule has 0 atom stereocenters. The first-order chi connectivity index (χ1) is 6.34. The van der Waals surface area contributed by atoms with E-state index < -0.39 is 5.97 Å². The predicted octanol–water partition coefficient (Wildman–Crippen LogP) is 2.73. The average Bonchev–Trinajstić information content (AvgIpc) is 2.01. The summed E-state index contributed by atoms with van der Waals surface area (Å²) in [7, 11) is 0. The van der Waals surface area contributed by atoms with Gasteiger partial charge in [0.2, 0.25) is 0 Å². The van der Waals surface area contributed by atoms with Crippen LogP contribution in [0, 0.1) is 0 Å². The first-order valence-corrected chi connectivity index (χ1v) is 4.60. The molecule has 1 rings (SSSR count). The summed E-state index contributed by atoms with van der Waals surface area (Å²) in [6.45, 7) is 5.81. The molecule has 0 saturated heterocycles. The molecule has 1 heterocycles. The van der Waals surface area contributed by atoms with E-state index in [-0.39, 0.29) is 16.1 Å². The number of aromatic nitrogens is 1. The third kappa shape index (κ3) is 2.04. The number of aromatic carboxylic acids is 1. The van der Waals surface area contributed by atoms with Gasteiger partial charge in [0, 0.05) is 6.20 Å². The van der Waals surface area contributed by atoms with E-state index in [9.17, 15) is 4.79 Å². The van der Waals surface area contributed by atoms with Crippen molar-refractivity contribution in [3.8, 4) is 0 Å². The van der Waals surface area contributed by atoms with Crippen LogP contribution in [0.2, 0.25) is 5.15 Å². The lowest BCUT2D eigenvalue weighted by Gasteiger charge is -2.21. The van der Waals surface area contributed by atoms with E-state index in [4.69, 9.17) is 16.7 Å². The van der Waals surface area contributed by atoms with Gasteiger partial charge in [0.1, 0.15) is 10.7 Å². The van der Waals surface area contributed by atoms with Crippen molar-refractivity contribution in [1.29, 1.82) is 0 Å². The monoisotopic (exact) mass is 213 g/mol. The minimum atomic E-state index is -1.03. The lowest BCUT2D eigenvalue weighted by molar-refractivity contribution is 0.0694. The first-order valence-electron chi connectivity index (χ1n) is 4.22. The maximum Gasteiger partial charge on any atom is 0.339 e. The molecule has 0 amide bonds. The minimum Gasteiger partial charge on any atom is -0.478 e. The van der Waals surface area contributed by atoms with Gasteiger partial charge in [-0.1, -0.05) is 32.4 Å². The van der Waals surface area contributed by atoms with Crippen LogP contribution in [0.15, 0.2) is 12.3 Å². The molecule has 0 aliphatic rings. The Labute approximate surface area is 87.7 Å². The Balaban J connectivity index is 3.44. The number of carboxylic acid groups (broad SMARTS) is 1. The number of hydrogen-bond donors (Lipinski definition) is 1. The summed E-state index contributed by atoms with van der Waals surface area (Å²) in [5.74, 6) is -1.03. The molecule has 0 bridgehead atoms. The Hall–Kier alpha value is -1.09. The van der Waals surface area contributed by atoms with E-state index in [2.05, 4.69) is 4.98 Å². The van der Waals surface area contributed by atoms with Gasteiger partial charge in [0.15, 0.2) is 0 Å². The van der Waals surface area contributed by atoms with Crippen LogP contribution in [0.3, 0.4) is 0 Å². The molecule has 14 heavy (non-hydrogen) atoms. The van der Waals surface area contributed by atoms with Crippen LogP contribution in [0.4, 0.5) is 0 Å². The second-order valence-corrected chi connectivity index (χ2v) is 4.44. The molecule has 1 N–H and O–H groups in total. The van der Waals surface area contributed by atoms with Crippen molar-refractivity contribution in [2.75, 3.05) is 0 Å². The zero-order chi connectivity index (χ0) is 10.9. The Kier molecular flexibility index (Phi) is 2.81. The van der Waals surface area contributed by atoms with Crippen molar-refractivity contribution >= 4 is 17.6 Å². The summed E-state index contributed by atoms with van der Waals surface area (Å²) in [5.41, 5.74) is 0.548. The highest BCUT2D eigenvalue weighted by Gasteiger charge is 2.24. The summed E-state index contributed by atoms with van der Waals surface area (Å²) in [5, 5.41) is 9.03. The molecule has 1 aromatic heterocycles. The molecule has 1 aromatic rings. The lowest BCUT2D eigenvalue weighted by Crippen LogP contribution is -2.17. The van der Waals surface area contributed by atoms with E-state index in [1.165, 1.54) is 6.20 Å². The highest BCUT2D eigenvalue weighted by atomic mass is 35.5. The maximum absolute atomic E-state index is 11.0. The van der Waals surface area contributed by atoms with Crippen LogP contribution in [0.1, 0.15) is 36.7 Å². The van der Waals surface area contributed by atoms with Gasteiger partial charge in [-0.2, -0.15) is 0 Å². The molecule has 0 radical (unpaired) electrons. The van der Waals surface area contributed by atoms with Gasteiger partial charge in [-0.25, -0.2) is 9.78 Å². The number of carboxylic acids is 1. The lowest BCUT2D eigenvalue weighted by atomic mass is 9.85. The fourth-order valence-electron chi connectivity index (χ4n) is 1.26. The first kappa shape index (κ1) is 11.0. The molecule has 0 aliphatic carbocycles. The average molecular weight is 214 g/mol. The van der Waals surface area contributed by atoms with Gasteiger partial charge in [-0.15, -0.1) is 0 Å². The smallest absolute Gasteiger partial charge is 0.339 e. The van der Waals surface area contributed by atoms with Crippen LogP contribution in [0.25, 0.3) is 0 Å². The quantitative estimate of drug-likeness (QED) is 0.730. The van der Waals surface area contributed by atoms with Gasteiger partial charge in [-0.3, -0.25) is 0 Å². The summed E-state index contributed by atoms with van der Waals surface area (Å²) in [6, 6.07) is 1.69. The van der Waals surface area contributed by atoms with Gasteiger partial charge < -0.3 is 5.11 Å². The standard InChI is InChI=1S/C10H12ClNO2/c1-10(2,3)6-4-5-12-8(11)7(6)9(13)14/h4-5H,1-3H3,(H,13,14). The number of nitrogens with zero attached hydrogens (tertiary/aromatic N) is 1. The third-order valence-corrected chi connectivity index (χ3v) is 2.21. The SMILES string of the molecule is CC(C)(C)c1ccnc(Cl)c1C(=O)O. The summed E-state index contributed by atoms with van der Waals surface area (Å²) >= 11 is 5.74. The highest BCUT2D eigenvalue weighted by Crippen LogP contribution is 2.28. The van der Waals surface area contributed by atoms with Gasteiger partial charge >= 0.3 is 5.97 Å². The Morgan fingerprint density at radius 1 is 1.50 bits per heavy atom. The van der Waals surface area contributed by atoms with Crippen LogP contribution in [0.5, 0.6) is 0 Å². The van der Waals surface area contributed by atoms with Crippen molar-refractivity contribution in [2.45, 2.75) is 26.2 Å². The molecular weight excluding hydrogens is 202 g/mol. The highest BCUT2D eigenvalue weighted by molar-refractivity contribution is 6.32. The second kappa shape index (κ2) is 3.58. The molecule has 0 fully saturated rings. The van der Waals surface area contributed by atoms with E-state index in [0.717, 1.165) is 0 Å². The van der Waals surface area contributed by atoms with E-state index in [1.54, 1.807) is 6.07 Å². The van der Waals surface area contributed by atoms with E-state index in [1.807, 2.05) is 20.8 Å². The number of halogens is 1. The van der Waals surface area contributed by atoms with Crippen LogP contribution in [-0.4, -0.2) is 16.1 Å². The Morgan fingerprint density at radius 2 is 2.07 bits per heavy atom. The zero-order valence-electron chi connectivity index (χ0n) is 8.34. The van der Waals surface area contributed by atoms with Crippen molar-refractivity contribution in [3.63, 3.8) is 0 Å². The molecule has 0 aliphatic heterocycles. The number of carbonyl (C=O) groups is 1. The Bertz CT molecular complexity index is 369. The number of hydrogen-bond acceptors (Lipinski definition) is 2. The van der Waals surface area contributed by atoms with Crippen LogP contribution in [-0.2, 0) is 5.41 Å². The fraction of sp³-hybridized carbons (Fsp3) is 0.400.